The molecule has 0 heterocycles. The van der Waals surface area contributed by atoms with Crippen LogP contribution < -0.4 is 11.1 Å². The van der Waals surface area contributed by atoms with Crippen molar-refractivity contribution < 1.29 is 19.4 Å². The van der Waals surface area contributed by atoms with Crippen LogP contribution in [0.3, 0.4) is 0 Å². The highest BCUT2D eigenvalue weighted by atomic mass is 16.6. The zero-order valence-corrected chi connectivity index (χ0v) is 14.1. The maximum Gasteiger partial charge on any atom is 0.354 e. The van der Waals surface area contributed by atoms with Crippen molar-refractivity contribution >= 4 is 5.97 Å². The number of allylic oxidation sites excluding steroid dienone is 3. The van der Waals surface area contributed by atoms with Crippen LogP contribution in [0.15, 0.2) is 23.0 Å². The Balaban J connectivity index is 2.42. The fourth-order valence-corrected chi connectivity index (χ4v) is 2.25. The molecule has 1 aliphatic carbocycles. The number of esters is 1. The molecule has 0 saturated carbocycles. The Hall–Kier alpha value is -1.53. The van der Waals surface area contributed by atoms with E-state index < -0.39 is 5.97 Å². The normalized spacial score (nSPS) is 16.7. The third kappa shape index (κ3) is 8.04. The van der Waals surface area contributed by atoms with Crippen LogP contribution in [0, 0.1) is 0 Å². The van der Waals surface area contributed by atoms with Gasteiger partial charge in [0.1, 0.15) is 12.3 Å². The summed E-state index contributed by atoms with van der Waals surface area (Å²) >= 11 is 0. The van der Waals surface area contributed by atoms with E-state index in [1.54, 1.807) is 0 Å². The standard InChI is InChI=1S/C17H30N2O4/c1-2-3-10-22-11-12-23-17(21)16(18)14-6-4-7-15(13-14)19-8-5-9-20/h13,19-20H,2-12,18H2,1H3/b16-14+. The number of aliphatic hydroxyl groups is 1. The lowest BCUT2D eigenvalue weighted by molar-refractivity contribution is -0.140. The van der Waals surface area contributed by atoms with Crippen molar-refractivity contribution in [2.75, 3.05) is 33.0 Å². The third-order valence-electron chi connectivity index (χ3n) is 3.60. The lowest BCUT2D eigenvalue weighted by Gasteiger charge is -2.18. The first kappa shape index (κ1) is 19.5. The molecule has 0 aromatic carbocycles. The van der Waals surface area contributed by atoms with Gasteiger partial charge in [0.25, 0.3) is 0 Å². The first-order valence-corrected chi connectivity index (χ1v) is 8.47. The molecule has 6 heteroatoms. The Bertz CT molecular complexity index is 419. The van der Waals surface area contributed by atoms with Gasteiger partial charge in [-0.05, 0) is 43.8 Å². The smallest absolute Gasteiger partial charge is 0.354 e. The van der Waals surface area contributed by atoms with Crippen molar-refractivity contribution in [3.63, 3.8) is 0 Å². The summed E-state index contributed by atoms with van der Waals surface area (Å²) in [5.41, 5.74) is 7.98. The number of hydrogen-bond acceptors (Lipinski definition) is 6. The largest absolute Gasteiger partial charge is 0.459 e. The number of unbranched alkanes of at least 4 members (excludes halogenated alkanes) is 1. The van der Waals surface area contributed by atoms with E-state index in [0.717, 1.165) is 49.9 Å². The topological polar surface area (TPSA) is 93.8 Å². The van der Waals surface area contributed by atoms with Gasteiger partial charge in [0.2, 0.25) is 0 Å². The number of aliphatic hydroxyl groups excluding tert-OH is 1. The van der Waals surface area contributed by atoms with E-state index in [2.05, 4.69) is 12.2 Å². The monoisotopic (exact) mass is 326 g/mol. The Morgan fingerprint density at radius 3 is 2.87 bits per heavy atom. The quantitative estimate of drug-likeness (QED) is 0.303. The molecule has 0 spiro atoms. The summed E-state index contributed by atoms with van der Waals surface area (Å²) in [6.07, 6.45) is 7.38. The maximum absolute atomic E-state index is 12.0. The summed E-state index contributed by atoms with van der Waals surface area (Å²) in [6.45, 7) is 4.30. The molecule has 0 bridgehead atoms. The molecule has 1 aliphatic rings. The average molecular weight is 326 g/mol. The molecule has 0 atom stereocenters. The van der Waals surface area contributed by atoms with Gasteiger partial charge in [-0.15, -0.1) is 0 Å². The van der Waals surface area contributed by atoms with Crippen molar-refractivity contribution in [3.8, 4) is 0 Å². The molecular weight excluding hydrogens is 296 g/mol. The number of rotatable bonds is 11. The van der Waals surface area contributed by atoms with Gasteiger partial charge in [-0.3, -0.25) is 0 Å². The fourth-order valence-electron chi connectivity index (χ4n) is 2.25. The van der Waals surface area contributed by atoms with Gasteiger partial charge in [-0.2, -0.15) is 0 Å². The highest BCUT2D eigenvalue weighted by Gasteiger charge is 2.16. The first-order valence-electron chi connectivity index (χ1n) is 8.47. The summed E-state index contributed by atoms with van der Waals surface area (Å²) in [5, 5.41) is 12.1. The molecule has 23 heavy (non-hydrogen) atoms. The Kier molecular flexibility index (Phi) is 10.2. The van der Waals surface area contributed by atoms with E-state index in [1.807, 2.05) is 6.08 Å². The Labute approximate surface area is 138 Å². The average Bonchev–Trinajstić information content (AvgIpc) is 2.57. The molecule has 1 rings (SSSR count). The highest BCUT2D eigenvalue weighted by molar-refractivity contribution is 5.88. The summed E-state index contributed by atoms with van der Waals surface area (Å²) in [6, 6.07) is 0. The van der Waals surface area contributed by atoms with Gasteiger partial charge >= 0.3 is 5.97 Å². The number of nitrogens with one attached hydrogen (secondary N) is 1. The molecule has 0 amide bonds. The van der Waals surface area contributed by atoms with Crippen LogP contribution in [0.2, 0.25) is 0 Å². The fraction of sp³-hybridized carbons (Fsp3) is 0.706. The van der Waals surface area contributed by atoms with Crippen LogP contribution in [-0.4, -0.2) is 44.0 Å². The van der Waals surface area contributed by atoms with E-state index in [0.29, 0.717) is 19.6 Å². The van der Waals surface area contributed by atoms with E-state index in [1.165, 1.54) is 0 Å². The van der Waals surface area contributed by atoms with Gasteiger partial charge in [-0.1, -0.05) is 13.3 Å². The zero-order valence-electron chi connectivity index (χ0n) is 14.1. The summed E-state index contributed by atoms with van der Waals surface area (Å²) < 4.78 is 10.5. The first-order chi connectivity index (χ1) is 11.2. The summed E-state index contributed by atoms with van der Waals surface area (Å²) in [4.78, 5) is 12.0. The van der Waals surface area contributed by atoms with Crippen LogP contribution in [0.4, 0.5) is 0 Å². The highest BCUT2D eigenvalue weighted by Crippen LogP contribution is 2.22. The lowest BCUT2D eigenvalue weighted by Crippen LogP contribution is -2.22. The second kappa shape index (κ2) is 12.0. The molecule has 0 unspecified atom stereocenters. The van der Waals surface area contributed by atoms with Crippen LogP contribution in [0.25, 0.3) is 0 Å². The van der Waals surface area contributed by atoms with E-state index in [4.69, 9.17) is 20.3 Å². The SMILES string of the molecule is CCCCOCCOC(=O)/C(N)=C1\C=C(NCCCO)CCC1. The van der Waals surface area contributed by atoms with Crippen LogP contribution in [0.1, 0.15) is 45.4 Å². The van der Waals surface area contributed by atoms with Gasteiger partial charge in [-0.25, -0.2) is 4.79 Å². The third-order valence-corrected chi connectivity index (χ3v) is 3.60. The molecule has 0 radical (unpaired) electrons. The van der Waals surface area contributed by atoms with Crippen molar-refractivity contribution in [2.45, 2.75) is 45.4 Å². The molecule has 6 nitrogen and oxygen atoms in total. The van der Waals surface area contributed by atoms with Crippen molar-refractivity contribution in [2.24, 2.45) is 5.73 Å². The minimum Gasteiger partial charge on any atom is -0.459 e. The van der Waals surface area contributed by atoms with Crippen molar-refractivity contribution in [3.05, 3.63) is 23.0 Å². The van der Waals surface area contributed by atoms with E-state index in [9.17, 15) is 4.79 Å². The van der Waals surface area contributed by atoms with Gasteiger partial charge in [0, 0.05) is 25.5 Å². The number of nitrogens with two attached hydrogens (primary N) is 1. The summed E-state index contributed by atoms with van der Waals surface area (Å²) in [7, 11) is 0. The molecule has 4 N–H and O–H groups in total. The van der Waals surface area contributed by atoms with Gasteiger partial charge in [0.05, 0.1) is 6.61 Å². The van der Waals surface area contributed by atoms with Gasteiger partial charge < -0.3 is 25.6 Å². The molecule has 0 saturated heterocycles. The number of hydrogen-bond donors (Lipinski definition) is 3. The minimum atomic E-state index is -0.480. The van der Waals surface area contributed by atoms with Crippen molar-refractivity contribution in [1.29, 1.82) is 0 Å². The van der Waals surface area contributed by atoms with Gasteiger partial charge in [0.15, 0.2) is 0 Å². The van der Waals surface area contributed by atoms with E-state index >= 15 is 0 Å². The maximum atomic E-state index is 12.0. The molecule has 132 valence electrons. The molecule has 0 fully saturated rings. The zero-order chi connectivity index (χ0) is 16.9. The van der Waals surface area contributed by atoms with Crippen LogP contribution >= 0.6 is 0 Å². The van der Waals surface area contributed by atoms with Crippen molar-refractivity contribution in [1.82, 2.24) is 5.32 Å². The molecule has 0 aliphatic heterocycles. The second-order valence-electron chi connectivity index (χ2n) is 5.57. The van der Waals surface area contributed by atoms with Crippen LogP contribution in [-0.2, 0) is 14.3 Å². The number of carbonyl (C=O) groups is 1. The Morgan fingerprint density at radius 2 is 2.13 bits per heavy atom. The predicted octanol–water partition coefficient (Wildman–Crippen LogP) is 1.60. The molecule has 0 aromatic rings. The number of carbonyl (C=O) groups excluding carboxylic acids is 1. The molecule has 0 aromatic heterocycles. The second-order valence-corrected chi connectivity index (χ2v) is 5.57. The predicted molar refractivity (Wildman–Crippen MR) is 89.5 cm³/mol. The Morgan fingerprint density at radius 1 is 1.30 bits per heavy atom. The number of ether oxygens (including phenoxy) is 2. The lowest BCUT2D eigenvalue weighted by atomic mass is 9.97. The minimum absolute atomic E-state index is 0.164. The van der Waals surface area contributed by atoms with Crippen LogP contribution in [0.5, 0.6) is 0 Å². The van der Waals surface area contributed by atoms with E-state index in [-0.39, 0.29) is 18.9 Å². The molecular formula is C17H30N2O4. The summed E-state index contributed by atoms with van der Waals surface area (Å²) in [5.74, 6) is -0.480.